The maximum atomic E-state index is 10.2. The Morgan fingerprint density at radius 3 is 2.36 bits per heavy atom. The fourth-order valence-corrected chi connectivity index (χ4v) is 8.84. The van der Waals surface area contributed by atoms with Gasteiger partial charge < -0.3 is 5.11 Å². The molecule has 1 heteroatoms. The second kappa shape index (κ2) is 7.75. The highest BCUT2D eigenvalue weighted by atomic mass is 16.3. The molecule has 0 heterocycles. The molecule has 160 valence electrons. The molecular weight excluding hydrogens is 340 g/mol. The first-order valence-corrected chi connectivity index (χ1v) is 12.6. The van der Waals surface area contributed by atoms with Crippen molar-refractivity contribution < 1.29 is 5.11 Å². The molecule has 0 aromatic carbocycles. The third-order valence-corrected chi connectivity index (χ3v) is 10.4. The topological polar surface area (TPSA) is 20.2 Å². The Morgan fingerprint density at radius 2 is 1.61 bits per heavy atom. The predicted octanol–water partition coefficient (Wildman–Crippen LogP) is 7.24. The summed E-state index contributed by atoms with van der Waals surface area (Å²) in [6.07, 6.45) is 18.3. The van der Waals surface area contributed by atoms with Crippen LogP contribution in [0.15, 0.2) is 12.2 Å². The van der Waals surface area contributed by atoms with E-state index in [1.54, 1.807) is 0 Å². The Bertz CT molecular complexity index is 579. The van der Waals surface area contributed by atoms with Gasteiger partial charge in [0.15, 0.2) is 0 Å². The number of fused-ring (bicyclic) bond motifs is 5. The predicted molar refractivity (Wildman–Crippen MR) is 119 cm³/mol. The Balaban J connectivity index is 1.50. The van der Waals surface area contributed by atoms with Gasteiger partial charge in [0.2, 0.25) is 0 Å². The van der Waals surface area contributed by atoms with Crippen LogP contribution in [0.3, 0.4) is 0 Å². The zero-order valence-electron chi connectivity index (χ0n) is 19.3. The van der Waals surface area contributed by atoms with Crippen LogP contribution in [0.25, 0.3) is 0 Å². The molecule has 0 aliphatic heterocycles. The molecule has 0 aromatic rings. The molecule has 4 saturated carbocycles. The van der Waals surface area contributed by atoms with Crippen molar-refractivity contribution in [1.29, 1.82) is 0 Å². The molecule has 4 fully saturated rings. The van der Waals surface area contributed by atoms with Crippen molar-refractivity contribution in [3.8, 4) is 0 Å². The summed E-state index contributed by atoms with van der Waals surface area (Å²) in [6.45, 7) is 12.4. The maximum absolute atomic E-state index is 10.2. The van der Waals surface area contributed by atoms with Gasteiger partial charge in [-0.15, -0.1) is 0 Å². The zero-order valence-corrected chi connectivity index (χ0v) is 19.3. The molecule has 0 radical (unpaired) electrons. The maximum Gasteiger partial charge on any atom is 0.0543 e. The highest BCUT2D eigenvalue weighted by Crippen LogP contribution is 2.68. The average molecular weight is 387 g/mol. The molecule has 28 heavy (non-hydrogen) atoms. The Hall–Kier alpha value is -0.300. The van der Waals surface area contributed by atoms with Crippen LogP contribution in [0.2, 0.25) is 0 Å². The monoisotopic (exact) mass is 386 g/mol. The minimum Gasteiger partial charge on any atom is -0.393 e. The fourth-order valence-electron chi connectivity index (χ4n) is 8.84. The summed E-state index contributed by atoms with van der Waals surface area (Å²) in [6, 6.07) is 0. The van der Waals surface area contributed by atoms with Gasteiger partial charge >= 0.3 is 0 Å². The molecule has 0 amide bonds. The van der Waals surface area contributed by atoms with Crippen molar-refractivity contribution in [1.82, 2.24) is 0 Å². The minimum atomic E-state index is -0.0159. The van der Waals surface area contributed by atoms with E-state index in [1.165, 1.54) is 51.4 Å². The quantitative estimate of drug-likeness (QED) is 0.505. The van der Waals surface area contributed by atoms with Gasteiger partial charge in [-0.2, -0.15) is 0 Å². The third kappa shape index (κ3) is 3.42. The first kappa shape index (κ1) is 21.0. The van der Waals surface area contributed by atoms with Gasteiger partial charge in [-0.05, 0) is 116 Å². The van der Waals surface area contributed by atoms with E-state index in [9.17, 15) is 5.11 Å². The number of aliphatic hydroxyl groups is 1. The van der Waals surface area contributed by atoms with E-state index in [1.807, 2.05) is 0 Å². The van der Waals surface area contributed by atoms with Crippen molar-refractivity contribution in [2.45, 2.75) is 105 Å². The van der Waals surface area contributed by atoms with Gasteiger partial charge in [0.1, 0.15) is 0 Å². The normalized spacial score (nSPS) is 49.7. The molecule has 0 saturated heterocycles. The number of hydrogen-bond acceptors (Lipinski definition) is 1. The van der Waals surface area contributed by atoms with Crippen molar-refractivity contribution in [2.24, 2.45) is 52.3 Å². The molecule has 4 aliphatic rings. The smallest absolute Gasteiger partial charge is 0.0543 e. The zero-order chi connectivity index (χ0) is 20.1. The van der Waals surface area contributed by atoms with Crippen LogP contribution >= 0.6 is 0 Å². The molecule has 9 atom stereocenters. The molecule has 2 unspecified atom stereocenters. The minimum absolute atomic E-state index is 0.0159. The Morgan fingerprint density at radius 1 is 0.893 bits per heavy atom. The van der Waals surface area contributed by atoms with Crippen LogP contribution in [0.5, 0.6) is 0 Å². The van der Waals surface area contributed by atoms with E-state index < -0.39 is 0 Å². The molecule has 0 spiro atoms. The first-order valence-electron chi connectivity index (χ1n) is 12.6. The van der Waals surface area contributed by atoms with Crippen LogP contribution in [0.4, 0.5) is 0 Å². The Labute approximate surface area is 174 Å². The van der Waals surface area contributed by atoms with Gasteiger partial charge in [0.05, 0.1) is 6.10 Å². The van der Waals surface area contributed by atoms with Crippen LogP contribution in [-0.2, 0) is 0 Å². The molecule has 4 aliphatic carbocycles. The largest absolute Gasteiger partial charge is 0.393 e. The summed E-state index contributed by atoms with van der Waals surface area (Å²) in [5, 5.41) is 10.2. The van der Waals surface area contributed by atoms with Crippen molar-refractivity contribution in [3.05, 3.63) is 12.2 Å². The van der Waals surface area contributed by atoms with E-state index in [4.69, 9.17) is 0 Å². The molecule has 0 bridgehead atoms. The molecule has 4 rings (SSSR count). The van der Waals surface area contributed by atoms with Crippen molar-refractivity contribution >= 4 is 0 Å². The number of hydrogen-bond donors (Lipinski definition) is 1. The lowest BCUT2D eigenvalue weighted by molar-refractivity contribution is -0.128. The molecule has 0 aromatic heterocycles. The van der Waals surface area contributed by atoms with Crippen molar-refractivity contribution in [2.75, 3.05) is 0 Å². The van der Waals surface area contributed by atoms with Gasteiger partial charge in [-0.25, -0.2) is 0 Å². The van der Waals surface area contributed by atoms with E-state index >= 15 is 0 Å². The summed E-state index contributed by atoms with van der Waals surface area (Å²) in [4.78, 5) is 0. The Kier molecular flexibility index (Phi) is 5.80. The molecular formula is C27H46O. The summed E-state index contributed by atoms with van der Waals surface area (Å²) in [5.41, 5.74) is 1.09. The highest BCUT2D eigenvalue weighted by molar-refractivity contribution is 5.11. The van der Waals surface area contributed by atoms with Gasteiger partial charge in [0.25, 0.3) is 0 Å². The van der Waals surface area contributed by atoms with E-state index in [0.29, 0.717) is 10.8 Å². The average Bonchev–Trinajstić information content (AvgIpc) is 2.99. The van der Waals surface area contributed by atoms with Crippen LogP contribution in [-0.4, -0.2) is 11.2 Å². The van der Waals surface area contributed by atoms with E-state index in [2.05, 4.69) is 46.8 Å². The van der Waals surface area contributed by atoms with E-state index in [-0.39, 0.29) is 6.10 Å². The summed E-state index contributed by atoms with van der Waals surface area (Å²) >= 11 is 0. The van der Waals surface area contributed by atoms with Crippen LogP contribution < -0.4 is 0 Å². The lowest BCUT2D eigenvalue weighted by Gasteiger charge is -2.61. The van der Waals surface area contributed by atoms with Gasteiger partial charge in [-0.1, -0.05) is 46.8 Å². The summed E-state index contributed by atoms with van der Waals surface area (Å²) < 4.78 is 0. The van der Waals surface area contributed by atoms with Gasteiger partial charge in [0, 0.05) is 0 Å². The number of rotatable bonds is 4. The third-order valence-electron chi connectivity index (χ3n) is 10.4. The number of aliphatic hydroxyl groups excluding tert-OH is 1. The molecule has 1 N–H and O–H groups in total. The standard InChI is InChI=1S/C27H46O/c1-18(2)7-6-8-19(3)23-11-12-24-22-10-9-20-17-21(28)13-15-26(20,4)25(22)14-16-27(23,24)5/h6,8,18-25,28H,7,9-17H2,1-5H3/t19-,20?,21?,22+,23-,24+,25+,26+,27-/m1/s1. The lowest BCUT2D eigenvalue weighted by atomic mass is 9.44. The summed E-state index contributed by atoms with van der Waals surface area (Å²) in [5.74, 6) is 6.05. The molecule has 1 nitrogen and oxygen atoms in total. The second-order valence-corrected chi connectivity index (χ2v) is 12.2. The van der Waals surface area contributed by atoms with Gasteiger partial charge in [-0.3, -0.25) is 0 Å². The number of allylic oxidation sites excluding steroid dienone is 2. The van der Waals surface area contributed by atoms with E-state index in [0.717, 1.165) is 54.3 Å². The van der Waals surface area contributed by atoms with Crippen LogP contribution in [0.1, 0.15) is 98.8 Å². The SMILES string of the molecule is CC(C)CC=C[C@@H](C)[C@H]1CC[C@H]2[C@@H]3CCC4CC(O)CC[C@]4(C)[C@H]3CC[C@]12C. The lowest BCUT2D eigenvalue weighted by Crippen LogP contribution is -2.54. The van der Waals surface area contributed by atoms with Crippen LogP contribution in [0, 0.1) is 52.3 Å². The second-order valence-electron chi connectivity index (χ2n) is 12.2. The highest BCUT2D eigenvalue weighted by Gasteiger charge is 2.60. The summed E-state index contributed by atoms with van der Waals surface area (Å²) in [7, 11) is 0. The van der Waals surface area contributed by atoms with Crippen molar-refractivity contribution in [3.63, 3.8) is 0 Å². The fraction of sp³-hybridized carbons (Fsp3) is 0.926. The first-order chi connectivity index (χ1) is 13.3.